The lowest BCUT2D eigenvalue weighted by atomic mass is 10.0. The number of nitrogens with one attached hydrogen (secondary N) is 2. The van der Waals surface area contributed by atoms with Gasteiger partial charge in [0.05, 0.1) is 27.4 Å². The molecule has 0 saturated heterocycles. The number of ether oxygens (including phenoxy) is 3. The summed E-state index contributed by atoms with van der Waals surface area (Å²) in [6.07, 6.45) is -0.387. The number of hydrogen-bond acceptors (Lipinski definition) is 6. The summed E-state index contributed by atoms with van der Waals surface area (Å²) in [5.74, 6) is 1.24. The summed E-state index contributed by atoms with van der Waals surface area (Å²) in [5, 5.41) is 16.4. The van der Waals surface area contributed by atoms with Crippen LogP contribution in [-0.4, -0.2) is 44.9 Å². The summed E-state index contributed by atoms with van der Waals surface area (Å²) in [4.78, 5) is 12.3. The van der Waals surface area contributed by atoms with Gasteiger partial charge < -0.3 is 30.0 Å². The number of methoxy groups -OCH3 is 3. The molecule has 0 aliphatic rings. The maximum absolute atomic E-state index is 12.3. The van der Waals surface area contributed by atoms with Crippen LogP contribution >= 0.6 is 0 Å². The Labute approximate surface area is 165 Å². The Hall–Kier alpha value is -2.77. The van der Waals surface area contributed by atoms with Crippen LogP contribution in [0.15, 0.2) is 42.5 Å². The van der Waals surface area contributed by atoms with Crippen molar-refractivity contribution in [3.05, 3.63) is 48.0 Å². The molecule has 0 heterocycles. The average molecular weight is 388 g/mol. The van der Waals surface area contributed by atoms with Crippen molar-refractivity contribution in [2.24, 2.45) is 0 Å². The summed E-state index contributed by atoms with van der Waals surface area (Å²) in [7, 11) is 4.56. The van der Waals surface area contributed by atoms with E-state index in [1.54, 1.807) is 12.1 Å². The lowest BCUT2D eigenvalue weighted by Crippen LogP contribution is -2.34. The molecule has 0 saturated carbocycles. The van der Waals surface area contributed by atoms with E-state index in [2.05, 4.69) is 10.6 Å². The Bertz CT molecular complexity index is 742. The number of carbonyl (C=O) groups is 1. The number of aliphatic hydroxyl groups excluding tert-OH is 1. The van der Waals surface area contributed by atoms with E-state index >= 15 is 0 Å². The van der Waals surface area contributed by atoms with E-state index in [1.807, 2.05) is 37.3 Å². The minimum absolute atomic E-state index is 0.164. The molecule has 0 aromatic heterocycles. The zero-order valence-electron chi connectivity index (χ0n) is 16.7. The first kappa shape index (κ1) is 21.5. The predicted octanol–water partition coefficient (Wildman–Crippen LogP) is 2.75. The van der Waals surface area contributed by atoms with E-state index in [-0.39, 0.29) is 18.4 Å². The normalized spacial score (nSPS) is 12.8. The van der Waals surface area contributed by atoms with Crippen molar-refractivity contribution in [1.29, 1.82) is 0 Å². The molecule has 152 valence electrons. The van der Waals surface area contributed by atoms with Crippen LogP contribution in [0.25, 0.3) is 0 Å². The third-order valence-corrected chi connectivity index (χ3v) is 4.38. The highest BCUT2D eigenvalue weighted by molar-refractivity contribution is 5.91. The summed E-state index contributed by atoms with van der Waals surface area (Å²) < 4.78 is 15.8. The highest BCUT2D eigenvalue weighted by Gasteiger charge is 2.17. The van der Waals surface area contributed by atoms with Crippen molar-refractivity contribution in [2.45, 2.75) is 25.5 Å². The molecule has 0 aliphatic heterocycles. The van der Waals surface area contributed by atoms with Crippen LogP contribution in [0.3, 0.4) is 0 Å². The molecule has 2 rings (SSSR count). The fourth-order valence-corrected chi connectivity index (χ4v) is 2.84. The Morgan fingerprint density at radius 3 is 2.18 bits per heavy atom. The molecule has 0 fully saturated rings. The zero-order chi connectivity index (χ0) is 20.5. The first-order valence-corrected chi connectivity index (χ1v) is 9.06. The van der Waals surface area contributed by atoms with Gasteiger partial charge in [0.25, 0.3) is 0 Å². The van der Waals surface area contributed by atoms with Crippen molar-refractivity contribution in [2.75, 3.05) is 33.2 Å². The summed E-state index contributed by atoms with van der Waals surface area (Å²) in [6, 6.07) is 12.6. The molecule has 2 atom stereocenters. The van der Waals surface area contributed by atoms with Gasteiger partial charge in [-0.1, -0.05) is 30.3 Å². The lowest BCUT2D eigenvalue weighted by molar-refractivity contribution is -0.116. The van der Waals surface area contributed by atoms with E-state index in [4.69, 9.17) is 14.2 Å². The van der Waals surface area contributed by atoms with Gasteiger partial charge in [-0.2, -0.15) is 0 Å². The molecule has 3 N–H and O–H groups in total. The smallest absolute Gasteiger partial charge is 0.225 e. The number of aliphatic hydroxyl groups is 1. The SMILES string of the molecule is COc1cc(NC(=O)CCNC(C)C(O)c2ccccc2)cc(OC)c1OC. The molecule has 0 bridgehead atoms. The van der Waals surface area contributed by atoms with Gasteiger partial charge in [-0.05, 0) is 12.5 Å². The van der Waals surface area contributed by atoms with Gasteiger partial charge in [0.1, 0.15) is 0 Å². The van der Waals surface area contributed by atoms with Gasteiger partial charge in [0.15, 0.2) is 11.5 Å². The second kappa shape index (κ2) is 10.5. The topological polar surface area (TPSA) is 89.1 Å². The summed E-state index contributed by atoms with van der Waals surface area (Å²) >= 11 is 0. The Morgan fingerprint density at radius 2 is 1.64 bits per heavy atom. The van der Waals surface area contributed by atoms with E-state index in [1.165, 1.54) is 21.3 Å². The number of benzene rings is 2. The van der Waals surface area contributed by atoms with Gasteiger partial charge in [0, 0.05) is 36.8 Å². The Morgan fingerprint density at radius 1 is 1.04 bits per heavy atom. The largest absolute Gasteiger partial charge is 0.493 e. The molecule has 7 nitrogen and oxygen atoms in total. The van der Waals surface area contributed by atoms with Crippen LogP contribution in [0.5, 0.6) is 17.2 Å². The van der Waals surface area contributed by atoms with Crippen molar-refractivity contribution < 1.29 is 24.1 Å². The third kappa shape index (κ3) is 5.61. The maximum atomic E-state index is 12.3. The molecular weight excluding hydrogens is 360 g/mol. The average Bonchev–Trinajstić information content (AvgIpc) is 2.72. The van der Waals surface area contributed by atoms with Crippen molar-refractivity contribution in [1.82, 2.24) is 5.32 Å². The van der Waals surface area contributed by atoms with Gasteiger partial charge in [-0.3, -0.25) is 4.79 Å². The van der Waals surface area contributed by atoms with Crippen LogP contribution in [0.2, 0.25) is 0 Å². The van der Waals surface area contributed by atoms with Gasteiger partial charge >= 0.3 is 0 Å². The zero-order valence-corrected chi connectivity index (χ0v) is 16.7. The standard InChI is InChI=1S/C21H28N2O5/c1-14(20(25)15-8-6-5-7-9-15)22-11-10-19(24)23-16-12-17(26-2)21(28-4)18(13-16)27-3/h5-9,12-14,20,22,25H,10-11H2,1-4H3,(H,23,24). The minimum Gasteiger partial charge on any atom is -0.493 e. The molecule has 7 heteroatoms. The van der Waals surface area contributed by atoms with Crippen LogP contribution in [0.1, 0.15) is 25.0 Å². The number of carbonyl (C=O) groups excluding carboxylic acids is 1. The van der Waals surface area contributed by atoms with Crippen LogP contribution in [-0.2, 0) is 4.79 Å². The molecule has 28 heavy (non-hydrogen) atoms. The number of anilines is 1. The van der Waals surface area contributed by atoms with Gasteiger partial charge in [-0.15, -0.1) is 0 Å². The van der Waals surface area contributed by atoms with E-state index < -0.39 is 6.10 Å². The molecule has 2 aromatic carbocycles. The monoisotopic (exact) mass is 388 g/mol. The van der Waals surface area contributed by atoms with Crippen LogP contribution < -0.4 is 24.8 Å². The Kier molecular flexibility index (Phi) is 8.10. The first-order chi connectivity index (χ1) is 13.5. The van der Waals surface area contributed by atoms with Crippen LogP contribution in [0.4, 0.5) is 5.69 Å². The summed E-state index contributed by atoms with van der Waals surface area (Å²) in [6.45, 7) is 2.32. The quantitative estimate of drug-likeness (QED) is 0.580. The maximum Gasteiger partial charge on any atom is 0.225 e. The molecular formula is C21H28N2O5. The second-order valence-electron chi connectivity index (χ2n) is 6.31. The van der Waals surface area contributed by atoms with E-state index in [0.29, 0.717) is 29.5 Å². The molecule has 2 aromatic rings. The van der Waals surface area contributed by atoms with E-state index in [9.17, 15) is 9.90 Å². The number of hydrogen-bond donors (Lipinski definition) is 3. The van der Waals surface area contributed by atoms with E-state index in [0.717, 1.165) is 5.56 Å². The van der Waals surface area contributed by atoms with Crippen LogP contribution in [0, 0.1) is 0 Å². The Balaban J connectivity index is 1.89. The highest BCUT2D eigenvalue weighted by Crippen LogP contribution is 2.39. The third-order valence-electron chi connectivity index (χ3n) is 4.38. The van der Waals surface area contributed by atoms with Gasteiger partial charge in [-0.25, -0.2) is 0 Å². The first-order valence-electron chi connectivity index (χ1n) is 9.06. The fourth-order valence-electron chi connectivity index (χ4n) is 2.84. The fraction of sp³-hybridized carbons (Fsp3) is 0.381. The molecule has 0 radical (unpaired) electrons. The number of rotatable bonds is 10. The summed E-state index contributed by atoms with van der Waals surface area (Å²) in [5.41, 5.74) is 1.39. The molecule has 2 unspecified atom stereocenters. The molecule has 1 amide bonds. The highest BCUT2D eigenvalue weighted by atomic mass is 16.5. The minimum atomic E-state index is -0.639. The number of amides is 1. The predicted molar refractivity (Wildman–Crippen MR) is 108 cm³/mol. The lowest BCUT2D eigenvalue weighted by Gasteiger charge is -2.20. The molecule has 0 spiro atoms. The second-order valence-corrected chi connectivity index (χ2v) is 6.31. The van der Waals surface area contributed by atoms with Gasteiger partial charge in [0.2, 0.25) is 11.7 Å². The van der Waals surface area contributed by atoms with Crippen molar-refractivity contribution >= 4 is 11.6 Å². The van der Waals surface area contributed by atoms with Crippen molar-refractivity contribution in [3.63, 3.8) is 0 Å². The molecule has 0 aliphatic carbocycles. The van der Waals surface area contributed by atoms with Crippen molar-refractivity contribution in [3.8, 4) is 17.2 Å².